The molecule has 1 atom stereocenters. The lowest BCUT2D eigenvalue weighted by Gasteiger charge is -2.14. The van der Waals surface area contributed by atoms with Crippen molar-refractivity contribution in [2.75, 3.05) is 7.11 Å². The van der Waals surface area contributed by atoms with Crippen molar-refractivity contribution in [2.24, 2.45) is 0 Å². The van der Waals surface area contributed by atoms with E-state index in [1.165, 1.54) is 4.88 Å². The summed E-state index contributed by atoms with van der Waals surface area (Å²) in [6.45, 7) is 2.57. The zero-order valence-electron chi connectivity index (χ0n) is 10.0. The van der Waals surface area contributed by atoms with Gasteiger partial charge in [0.05, 0.1) is 6.61 Å². The first-order chi connectivity index (χ1) is 8.22. The van der Waals surface area contributed by atoms with Crippen LogP contribution in [0.5, 0.6) is 0 Å². The predicted octanol–water partition coefficient (Wildman–Crippen LogP) is 3.28. The van der Waals surface area contributed by atoms with Gasteiger partial charge in [-0.3, -0.25) is 0 Å². The van der Waals surface area contributed by atoms with Crippen molar-refractivity contribution < 1.29 is 9.84 Å². The Hall–Kier alpha value is -1.16. The maximum Gasteiger partial charge on any atom is 0.105 e. The fourth-order valence-corrected chi connectivity index (χ4v) is 2.60. The van der Waals surface area contributed by atoms with Crippen LogP contribution in [0.1, 0.15) is 27.7 Å². The third-order valence-corrected chi connectivity index (χ3v) is 3.60. The largest absolute Gasteiger partial charge is 0.384 e. The van der Waals surface area contributed by atoms with Crippen molar-refractivity contribution in [1.82, 2.24) is 0 Å². The molecule has 0 fully saturated rings. The Morgan fingerprint density at radius 1 is 1.35 bits per heavy atom. The Morgan fingerprint density at radius 2 is 2.12 bits per heavy atom. The molecule has 0 aliphatic rings. The van der Waals surface area contributed by atoms with E-state index in [1.807, 2.05) is 42.6 Å². The minimum atomic E-state index is -0.564. The Balaban J connectivity index is 2.33. The van der Waals surface area contributed by atoms with E-state index in [4.69, 9.17) is 4.74 Å². The summed E-state index contributed by atoms with van der Waals surface area (Å²) in [6.07, 6.45) is -0.564. The van der Waals surface area contributed by atoms with E-state index in [1.54, 1.807) is 18.4 Å². The highest BCUT2D eigenvalue weighted by molar-refractivity contribution is 7.10. The van der Waals surface area contributed by atoms with Crippen LogP contribution < -0.4 is 0 Å². The van der Waals surface area contributed by atoms with Crippen LogP contribution in [0.3, 0.4) is 0 Å². The van der Waals surface area contributed by atoms with Gasteiger partial charge in [-0.25, -0.2) is 0 Å². The number of rotatable bonds is 4. The summed E-state index contributed by atoms with van der Waals surface area (Å²) in [5.74, 6) is 0. The first-order valence-corrected chi connectivity index (χ1v) is 6.40. The third kappa shape index (κ3) is 2.75. The van der Waals surface area contributed by atoms with Gasteiger partial charge in [-0.1, -0.05) is 24.3 Å². The average molecular weight is 248 g/mol. The molecule has 90 valence electrons. The van der Waals surface area contributed by atoms with Gasteiger partial charge in [0.2, 0.25) is 0 Å². The predicted molar refractivity (Wildman–Crippen MR) is 70.3 cm³/mol. The van der Waals surface area contributed by atoms with Gasteiger partial charge in [0, 0.05) is 12.0 Å². The number of hydrogen-bond acceptors (Lipinski definition) is 3. The lowest BCUT2D eigenvalue weighted by molar-refractivity contribution is 0.176. The lowest BCUT2D eigenvalue weighted by atomic mass is 9.99. The van der Waals surface area contributed by atoms with E-state index in [0.29, 0.717) is 6.61 Å². The molecule has 3 heteroatoms. The smallest absolute Gasteiger partial charge is 0.105 e. The normalized spacial score (nSPS) is 12.6. The molecule has 0 aliphatic heterocycles. The Labute approximate surface area is 105 Å². The molecule has 2 rings (SSSR count). The molecule has 0 saturated carbocycles. The van der Waals surface area contributed by atoms with Crippen LogP contribution in [0, 0.1) is 6.92 Å². The summed E-state index contributed by atoms with van der Waals surface area (Å²) < 4.78 is 5.15. The number of aliphatic hydroxyl groups excluding tert-OH is 1. The molecule has 1 aromatic carbocycles. The van der Waals surface area contributed by atoms with Crippen molar-refractivity contribution in [1.29, 1.82) is 0 Å². The van der Waals surface area contributed by atoms with E-state index < -0.39 is 6.10 Å². The van der Waals surface area contributed by atoms with E-state index in [9.17, 15) is 5.11 Å². The summed E-state index contributed by atoms with van der Waals surface area (Å²) in [4.78, 5) is 1.21. The Kier molecular flexibility index (Phi) is 3.94. The third-order valence-electron chi connectivity index (χ3n) is 2.72. The van der Waals surface area contributed by atoms with E-state index in [-0.39, 0.29) is 0 Å². The molecule has 2 nitrogen and oxygen atoms in total. The molecule has 1 aromatic heterocycles. The molecule has 0 saturated heterocycles. The van der Waals surface area contributed by atoms with Crippen LogP contribution in [0.25, 0.3) is 0 Å². The highest BCUT2D eigenvalue weighted by Crippen LogP contribution is 2.28. The number of benzene rings is 1. The van der Waals surface area contributed by atoms with Gasteiger partial charge in [-0.15, -0.1) is 11.3 Å². The van der Waals surface area contributed by atoms with Gasteiger partial charge in [0.15, 0.2) is 0 Å². The van der Waals surface area contributed by atoms with Gasteiger partial charge in [0.1, 0.15) is 6.10 Å². The van der Waals surface area contributed by atoms with Crippen molar-refractivity contribution in [3.8, 4) is 0 Å². The van der Waals surface area contributed by atoms with Gasteiger partial charge < -0.3 is 9.84 Å². The molecule has 0 aliphatic carbocycles. The number of thiophene rings is 1. The average Bonchev–Trinajstić information content (AvgIpc) is 2.76. The molecule has 1 N–H and O–H groups in total. The standard InChI is InChI=1S/C14H16O2S/c1-10-7-12(9-17-10)14(15)13-6-4-3-5-11(13)8-16-2/h3-7,9,14-15H,8H2,1-2H3. The molecular weight excluding hydrogens is 232 g/mol. The van der Waals surface area contributed by atoms with Crippen LogP contribution in [-0.2, 0) is 11.3 Å². The molecule has 0 bridgehead atoms. The summed E-state index contributed by atoms with van der Waals surface area (Å²) in [7, 11) is 1.66. The molecule has 0 radical (unpaired) electrons. The minimum absolute atomic E-state index is 0.524. The molecule has 0 spiro atoms. The van der Waals surface area contributed by atoms with E-state index in [2.05, 4.69) is 0 Å². The van der Waals surface area contributed by atoms with Crippen LogP contribution in [0.4, 0.5) is 0 Å². The van der Waals surface area contributed by atoms with Crippen LogP contribution >= 0.6 is 11.3 Å². The fourth-order valence-electron chi connectivity index (χ4n) is 1.87. The van der Waals surface area contributed by atoms with Crippen LogP contribution in [-0.4, -0.2) is 12.2 Å². The SMILES string of the molecule is COCc1ccccc1C(O)c1csc(C)c1. The Bertz CT molecular complexity index is 490. The van der Waals surface area contributed by atoms with Crippen LogP contribution in [0.2, 0.25) is 0 Å². The lowest BCUT2D eigenvalue weighted by Crippen LogP contribution is -2.03. The molecule has 17 heavy (non-hydrogen) atoms. The number of methoxy groups -OCH3 is 1. The monoisotopic (exact) mass is 248 g/mol. The topological polar surface area (TPSA) is 29.5 Å². The number of hydrogen-bond donors (Lipinski definition) is 1. The summed E-state index contributed by atoms with van der Waals surface area (Å²) in [5.41, 5.74) is 2.91. The number of ether oxygens (including phenoxy) is 1. The fraction of sp³-hybridized carbons (Fsp3) is 0.286. The second kappa shape index (κ2) is 5.45. The number of aryl methyl sites for hydroxylation is 1. The van der Waals surface area contributed by atoms with E-state index >= 15 is 0 Å². The van der Waals surface area contributed by atoms with Gasteiger partial charge in [-0.05, 0) is 35.1 Å². The highest BCUT2D eigenvalue weighted by Gasteiger charge is 2.15. The highest BCUT2D eigenvalue weighted by atomic mass is 32.1. The van der Waals surface area contributed by atoms with Crippen molar-refractivity contribution in [3.63, 3.8) is 0 Å². The first-order valence-electron chi connectivity index (χ1n) is 5.52. The summed E-state index contributed by atoms with van der Waals surface area (Å²) in [6, 6.07) is 9.87. The van der Waals surface area contributed by atoms with Gasteiger partial charge in [0.25, 0.3) is 0 Å². The molecular formula is C14H16O2S. The maximum absolute atomic E-state index is 10.4. The minimum Gasteiger partial charge on any atom is -0.384 e. The summed E-state index contributed by atoms with van der Waals surface area (Å²) >= 11 is 1.66. The van der Waals surface area contributed by atoms with Gasteiger partial charge >= 0.3 is 0 Å². The van der Waals surface area contributed by atoms with Crippen LogP contribution in [0.15, 0.2) is 35.7 Å². The van der Waals surface area contributed by atoms with Crippen molar-refractivity contribution in [2.45, 2.75) is 19.6 Å². The summed E-state index contributed by atoms with van der Waals surface area (Å²) in [5, 5.41) is 12.4. The second-order valence-electron chi connectivity index (χ2n) is 4.03. The van der Waals surface area contributed by atoms with Gasteiger partial charge in [-0.2, -0.15) is 0 Å². The van der Waals surface area contributed by atoms with Crippen molar-refractivity contribution in [3.05, 3.63) is 57.3 Å². The first kappa shape index (κ1) is 12.3. The quantitative estimate of drug-likeness (QED) is 0.899. The molecule has 1 heterocycles. The number of aliphatic hydroxyl groups is 1. The zero-order chi connectivity index (χ0) is 12.3. The second-order valence-corrected chi connectivity index (χ2v) is 5.14. The maximum atomic E-state index is 10.4. The Morgan fingerprint density at radius 3 is 2.76 bits per heavy atom. The van der Waals surface area contributed by atoms with Crippen molar-refractivity contribution >= 4 is 11.3 Å². The molecule has 0 amide bonds. The van der Waals surface area contributed by atoms with E-state index in [0.717, 1.165) is 16.7 Å². The zero-order valence-corrected chi connectivity index (χ0v) is 10.8. The molecule has 1 unspecified atom stereocenters. The molecule has 2 aromatic rings.